The van der Waals surface area contributed by atoms with E-state index in [-0.39, 0.29) is 29.3 Å². The van der Waals surface area contributed by atoms with Gasteiger partial charge in [0.25, 0.3) is 5.91 Å². The maximum Gasteiger partial charge on any atom is 0.255 e. The van der Waals surface area contributed by atoms with Gasteiger partial charge in [0, 0.05) is 36.8 Å². The topological polar surface area (TPSA) is 94.1 Å². The lowest BCUT2D eigenvalue weighted by molar-refractivity contribution is 0.0621. The molecule has 3 aromatic rings. The number of phenols is 1. The van der Waals surface area contributed by atoms with Crippen LogP contribution in [0.2, 0.25) is 0 Å². The fraction of sp³-hybridized carbons (Fsp3) is 0.350. The first-order valence-corrected chi connectivity index (χ1v) is 9.41. The van der Waals surface area contributed by atoms with Crippen molar-refractivity contribution in [3.8, 4) is 17.0 Å². The molecule has 1 aromatic carbocycles. The van der Waals surface area contributed by atoms with Gasteiger partial charge in [-0.05, 0) is 38.0 Å². The Morgan fingerprint density at radius 3 is 2.71 bits per heavy atom. The number of piperazine rings is 1. The van der Waals surface area contributed by atoms with Gasteiger partial charge in [0.1, 0.15) is 11.6 Å². The number of carbonyl (C=O) groups is 1. The third kappa shape index (κ3) is 2.56. The normalized spacial score (nSPS) is 21.4. The minimum absolute atomic E-state index is 0.0636. The second-order valence-electron chi connectivity index (χ2n) is 7.51. The highest BCUT2D eigenvalue weighted by Gasteiger charge is 2.40. The van der Waals surface area contributed by atoms with Crippen molar-refractivity contribution in [1.29, 1.82) is 0 Å². The maximum atomic E-state index is 14.4. The highest BCUT2D eigenvalue weighted by molar-refractivity contribution is 6.07. The van der Waals surface area contributed by atoms with E-state index in [1.807, 2.05) is 11.8 Å². The molecule has 144 valence electrons. The molecule has 8 heteroatoms. The number of amides is 1. The third-order valence-corrected chi connectivity index (χ3v) is 5.78. The number of rotatable bonds is 2. The summed E-state index contributed by atoms with van der Waals surface area (Å²) in [7, 11) is 0. The molecule has 0 radical (unpaired) electrons. The van der Waals surface area contributed by atoms with Crippen LogP contribution in [-0.4, -0.2) is 56.3 Å². The predicted molar refractivity (Wildman–Crippen MR) is 102 cm³/mol. The van der Waals surface area contributed by atoms with Crippen LogP contribution in [0.25, 0.3) is 22.3 Å². The number of carbonyl (C=O) groups excluding carboxylic acids is 1. The molecule has 0 spiro atoms. The van der Waals surface area contributed by atoms with Crippen molar-refractivity contribution in [2.45, 2.75) is 31.8 Å². The van der Waals surface area contributed by atoms with Crippen molar-refractivity contribution < 1.29 is 14.3 Å². The van der Waals surface area contributed by atoms with Crippen LogP contribution < -0.4 is 5.32 Å². The number of aromatic hydroxyl groups is 1. The van der Waals surface area contributed by atoms with E-state index < -0.39 is 5.82 Å². The first-order valence-electron chi connectivity index (χ1n) is 9.41. The number of phenolic OH excluding ortho intramolecular Hbond substituents is 1. The van der Waals surface area contributed by atoms with Gasteiger partial charge in [-0.25, -0.2) is 9.37 Å². The minimum Gasteiger partial charge on any atom is -0.508 e. The Kier molecular flexibility index (Phi) is 3.83. The molecule has 4 heterocycles. The molecule has 0 aliphatic carbocycles. The molecule has 2 saturated heterocycles. The molecule has 0 unspecified atom stereocenters. The van der Waals surface area contributed by atoms with E-state index in [0.717, 1.165) is 32.0 Å². The van der Waals surface area contributed by atoms with Gasteiger partial charge in [0.05, 0.1) is 22.3 Å². The molecular weight excluding hydrogens is 361 g/mol. The van der Waals surface area contributed by atoms with Crippen LogP contribution in [0.4, 0.5) is 4.39 Å². The zero-order valence-electron chi connectivity index (χ0n) is 15.4. The van der Waals surface area contributed by atoms with E-state index in [2.05, 4.69) is 20.5 Å². The molecule has 2 atom stereocenters. The highest BCUT2D eigenvalue weighted by Crippen LogP contribution is 2.33. The molecule has 0 saturated carbocycles. The number of aryl methyl sites for hydroxylation is 1. The SMILES string of the molecule is Cc1n[nH]c2nc(-c3ccc(O)cc3F)cc(C(=O)N3[C@@H]4CC[C@H]3CNC4)c12. The molecule has 2 aromatic heterocycles. The van der Waals surface area contributed by atoms with Gasteiger partial charge < -0.3 is 15.3 Å². The van der Waals surface area contributed by atoms with Crippen molar-refractivity contribution in [2.24, 2.45) is 0 Å². The lowest BCUT2D eigenvalue weighted by Gasteiger charge is -2.35. The van der Waals surface area contributed by atoms with Crippen molar-refractivity contribution >= 4 is 16.9 Å². The number of halogens is 1. The molecule has 5 rings (SSSR count). The number of nitrogens with one attached hydrogen (secondary N) is 2. The van der Waals surface area contributed by atoms with Gasteiger partial charge in [-0.2, -0.15) is 5.10 Å². The van der Waals surface area contributed by atoms with E-state index >= 15 is 0 Å². The van der Waals surface area contributed by atoms with Crippen molar-refractivity contribution in [3.63, 3.8) is 0 Å². The monoisotopic (exact) mass is 381 g/mol. The van der Waals surface area contributed by atoms with E-state index in [1.54, 1.807) is 6.07 Å². The number of hydrogen-bond donors (Lipinski definition) is 3. The fourth-order valence-corrected chi connectivity index (χ4v) is 4.45. The molecule has 3 N–H and O–H groups in total. The smallest absolute Gasteiger partial charge is 0.255 e. The van der Waals surface area contributed by atoms with Crippen LogP contribution in [0.1, 0.15) is 28.9 Å². The summed E-state index contributed by atoms with van der Waals surface area (Å²) in [6.45, 7) is 3.41. The second-order valence-corrected chi connectivity index (χ2v) is 7.51. The first-order chi connectivity index (χ1) is 13.5. The zero-order valence-corrected chi connectivity index (χ0v) is 15.4. The van der Waals surface area contributed by atoms with Gasteiger partial charge >= 0.3 is 0 Å². The first kappa shape index (κ1) is 17.1. The number of H-pyrrole nitrogens is 1. The van der Waals surface area contributed by atoms with Crippen LogP contribution in [-0.2, 0) is 0 Å². The summed E-state index contributed by atoms with van der Waals surface area (Å²) >= 11 is 0. The lowest BCUT2D eigenvalue weighted by atomic mass is 10.0. The number of hydrogen-bond acceptors (Lipinski definition) is 5. The summed E-state index contributed by atoms with van der Waals surface area (Å²) < 4.78 is 14.4. The van der Waals surface area contributed by atoms with Gasteiger partial charge in [-0.15, -0.1) is 0 Å². The Hall–Kier alpha value is -3.00. The van der Waals surface area contributed by atoms with E-state index in [1.165, 1.54) is 12.1 Å². The summed E-state index contributed by atoms with van der Waals surface area (Å²) in [5, 5.41) is 20.6. The highest BCUT2D eigenvalue weighted by atomic mass is 19.1. The Labute approximate surface area is 160 Å². The Bertz CT molecular complexity index is 1080. The number of nitrogens with zero attached hydrogens (tertiary/aromatic N) is 3. The minimum atomic E-state index is -0.594. The molecule has 2 bridgehead atoms. The van der Waals surface area contributed by atoms with Gasteiger partial charge in [-0.3, -0.25) is 9.89 Å². The number of pyridine rings is 1. The Morgan fingerprint density at radius 2 is 2.00 bits per heavy atom. The predicted octanol–water partition coefficient (Wildman–Crippen LogP) is 2.35. The Morgan fingerprint density at radius 1 is 1.25 bits per heavy atom. The fourth-order valence-electron chi connectivity index (χ4n) is 4.45. The van der Waals surface area contributed by atoms with E-state index in [0.29, 0.717) is 28.0 Å². The van der Waals surface area contributed by atoms with Crippen LogP contribution in [0, 0.1) is 12.7 Å². The molecule has 28 heavy (non-hydrogen) atoms. The molecular formula is C20H20FN5O2. The van der Waals surface area contributed by atoms with Crippen LogP contribution in [0.15, 0.2) is 24.3 Å². The Balaban J connectivity index is 1.67. The molecule has 2 fully saturated rings. The van der Waals surface area contributed by atoms with Crippen molar-refractivity contribution in [3.05, 3.63) is 41.3 Å². The lowest BCUT2D eigenvalue weighted by Crippen LogP contribution is -2.54. The third-order valence-electron chi connectivity index (χ3n) is 5.78. The standard InChI is InChI=1S/C20H20FN5O2/c1-10-18-15(20(28)26-11-2-3-12(26)9-22-8-11)7-17(23-19(18)25-24-10)14-5-4-13(27)6-16(14)21/h4-7,11-12,22,27H,2-3,8-9H2,1H3,(H,23,24,25)/t11-,12+. The number of fused-ring (bicyclic) bond motifs is 3. The molecule has 2 aliphatic rings. The summed E-state index contributed by atoms with van der Waals surface area (Å²) in [4.78, 5) is 20.0. The summed E-state index contributed by atoms with van der Waals surface area (Å²) in [6.07, 6.45) is 1.98. The largest absolute Gasteiger partial charge is 0.508 e. The summed E-state index contributed by atoms with van der Waals surface area (Å²) in [6, 6.07) is 5.90. The van der Waals surface area contributed by atoms with Crippen molar-refractivity contribution in [2.75, 3.05) is 13.1 Å². The van der Waals surface area contributed by atoms with Crippen molar-refractivity contribution in [1.82, 2.24) is 25.4 Å². The van der Waals surface area contributed by atoms with Gasteiger partial charge in [0.2, 0.25) is 0 Å². The molecule has 7 nitrogen and oxygen atoms in total. The molecule has 1 amide bonds. The quantitative estimate of drug-likeness (QED) is 0.634. The van der Waals surface area contributed by atoms with Gasteiger partial charge in [-0.1, -0.05) is 0 Å². The number of aromatic amines is 1. The van der Waals surface area contributed by atoms with Crippen LogP contribution in [0.5, 0.6) is 5.75 Å². The van der Waals surface area contributed by atoms with E-state index in [9.17, 15) is 14.3 Å². The number of aromatic nitrogens is 3. The van der Waals surface area contributed by atoms with E-state index in [4.69, 9.17) is 0 Å². The average molecular weight is 381 g/mol. The summed E-state index contributed by atoms with van der Waals surface area (Å²) in [5.41, 5.74) is 2.18. The van der Waals surface area contributed by atoms with Crippen LogP contribution >= 0.6 is 0 Å². The van der Waals surface area contributed by atoms with Gasteiger partial charge in [0.15, 0.2) is 5.65 Å². The average Bonchev–Trinajstić information content (AvgIpc) is 3.16. The molecule has 2 aliphatic heterocycles. The number of benzene rings is 1. The second kappa shape index (κ2) is 6.27. The zero-order chi connectivity index (χ0) is 19.4. The van der Waals surface area contributed by atoms with Crippen LogP contribution in [0.3, 0.4) is 0 Å². The maximum absolute atomic E-state index is 14.4. The summed E-state index contributed by atoms with van der Waals surface area (Å²) in [5.74, 6) is -0.816.